The van der Waals surface area contributed by atoms with Gasteiger partial charge in [-0.05, 0) is 58.2 Å². The zero-order valence-corrected chi connectivity index (χ0v) is 24.7. The Bertz CT molecular complexity index is 1570. The molecule has 3 aromatic heterocycles. The Hall–Kier alpha value is -4.22. The first-order valence-corrected chi connectivity index (χ1v) is 14.8. The summed E-state index contributed by atoms with van der Waals surface area (Å²) in [7, 11) is 0. The van der Waals surface area contributed by atoms with E-state index in [-0.39, 0.29) is 23.6 Å². The predicted molar refractivity (Wildman–Crippen MR) is 161 cm³/mol. The highest BCUT2D eigenvalue weighted by atomic mass is 16.6. The van der Waals surface area contributed by atoms with Gasteiger partial charge in [0.25, 0.3) is 5.56 Å². The number of carbonyl (C=O) groups excluding carboxylic acids is 2. The second-order valence-corrected chi connectivity index (χ2v) is 12.3. The summed E-state index contributed by atoms with van der Waals surface area (Å²) in [6.07, 6.45) is 7.65. The molecule has 3 fully saturated rings. The summed E-state index contributed by atoms with van der Waals surface area (Å²) in [5, 5.41) is 3.97. The lowest BCUT2D eigenvalue weighted by Crippen LogP contribution is -2.50. The molecule has 1 aliphatic carbocycles. The molecule has 1 saturated carbocycles. The third kappa shape index (κ3) is 5.37. The highest BCUT2D eigenvalue weighted by molar-refractivity contribution is 6.01. The maximum Gasteiger partial charge on any atom is 0.410 e. The van der Waals surface area contributed by atoms with Crippen molar-refractivity contribution in [2.45, 2.75) is 71.4 Å². The van der Waals surface area contributed by atoms with E-state index in [1.807, 2.05) is 39.8 Å². The van der Waals surface area contributed by atoms with Gasteiger partial charge in [-0.15, -0.1) is 0 Å². The van der Waals surface area contributed by atoms with E-state index in [0.29, 0.717) is 62.2 Å². The largest absolute Gasteiger partial charge is 0.444 e. The van der Waals surface area contributed by atoms with Crippen molar-refractivity contribution in [2.75, 3.05) is 47.8 Å². The maximum atomic E-state index is 13.8. The van der Waals surface area contributed by atoms with Crippen LogP contribution in [0, 0.1) is 6.92 Å². The third-order valence-electron chi connectivity index (χ3n) is 8.27. The van der Waals surface area contributed by atoms with Gasteiger partial charge in [0.15, 0.2) is 0 Å². The van der Waals surface area contributed by atoms with Crippen LogP contribution in [0.1, 0.15) is 64.5 Å². The number of pyridine rings is 2. The molecule has 6 rings (SSSR count). The summed E-state index contributed by atoms with van der Waals surface area (Å²) < 4.78 is 7.28. The number of piperazine rings is 1. The molecule has 2 aliphatic heterocycles. The summed E-state index contributed by atoms with van der Waals surface area (Å²) in [5.41, 5.74) is 2.07. The highest BCUT2D eigenvalue weighted by Gasteiger charge is 2.33. The first kappa shape index (κ1) is 27.9. The number of β-lactam (4-membered cyclic amide) rings is 1. The summed E-state index contributed by atoms with van der Waals surface area (Å²) in [4.78, 5) is 57.9. The summed E-state index contributed by atoms with van der Waals surface area (Å²) in [6, 6.07) is 3.90. The average molecular weight is 575 g/mol. The number of amides is 2. The van der Waals surface area contributed by atoms with E-state index in [2.05, 4.69) is 20.2 Å². The van der Waals surface area contributed by atoms with Crippen LogP contribution in [0.15, 0.2) is 29.3 Å². The van der Waals surface area contributed by atoms with Crippen molar-refractivity contribution in [1.82, 2.24) is 24.4 Å². The summed E-state index contributed by atoms with van der Waals surface area (Å²) >= 11 is 0. The molecule has 0 aromatic carbocycles. The quantitative estimate of drug-likeness (QED) is 0.447. The summed E-state index contributed by atoms with van der Waals surface area (Å²) in [6.45, 7) is 10.6. The van der Waals surface area contributed by atoms with E-state index in [0.717, 1.165) is 42.3 Å². The predicted octanol–water partition coefficient (Wildman–Crippen LogP) is 4.15. The van der Waals surface area contributed by atoms with Gasteiger partial charge in [-0.1, -0.05) is 12.8 Å². The Balaban J connectivity index is 1.20. The number of hydrogen-bond acceptors (Lipinski definition) is 9. The SMILES string of the molecule is Cc1c(N2CCC2=O)c(=O)n(C2CCCC2)c2nc(Nc3ccc(N4CCN(C(=O)OC(C)(C)C)CC4)cn3)ncc12. The second-order valence-electron chi connectivity index (χ2n) is 12.3. The number of fused-ring (bicyclic) bond motifs is 1. The van der Waals surface area contributed by atoms with Crippen LogP contribution in [0.2, 0.25) is 0 Å². The van der Waals surface area contributed by atoms with Crippen molar-refractivity contribution in [2.24, 2.45) is 0 Å². The van der Waals surface area contributed by atoms with Gasteiger partial charge in [0.2, 0.25) is 11.9 Å². The Labute approximate surface area is 244 Å². The number of anilines is 4. The molecule has 0 atom stereocenters. The number of aryl methyl sites for hydroxylation is 1. The van der Waals surface area contributed by atoms with Crippen molar-refractivity contribution in [3.63, 3.8) is 0 Å². The molecule has 2 amide bonds. The molecule has 3 aromatic rings. The molecular formula is C30H38N8O4. The van der Waals surface area contributed by atoms with Crippen LogP contribution >= 0.6 is 0 Å². The first-order valence-electron chi connectivity index (χ1n) is 14.8. The molecule has 12 nitrogen and oxygen atoms in total. The lowest BCUT2D eigenvalue weighted by Gasteiger charge is -2.36. The zero-order valence-electron chi connectivity index (χ0n) is 24.7. The number of nitrogens with zero attached hydrogens (tertiary/aromatic N) is 7. The Morgan fingerprint density at radius 2 is 1.74 bits per heavy atom. The number of hydrogen-bond donors (Lipinski definition) is 1. The van der Waals surface area contributed by atoms with Gasteiger partial charge in [-0.25, -0.2) is 14.8 Å². The van der Waals surface area contributed by atoms with Gasteiger partial charge in [-0.3, -0.25) is 14.2 Å². The second kappa shape index (κ2) is 10.9. The number of rotatable bonds is 5. The molecule has 5 heterocycles. The van der Waals surface area contributed by atoms with Crippen LogP contribution in [0.25, 0.3) is 11.0 Å². The number of ether oxygens (including phenoxy) is 1. The Morgan fingerprint density at radius 1 is 1.00 bits per heavy atom. The highest BCUT2D eigenvalue weighted by Crippen LogP contribution is 2.34. The molecule has 0 spiro atoms. The minimum Gasteiger partial charge on any atom is -0.444 e. The van der Waals surface area contributed by atoms with Crippen LogP contribution in [0.3, 0.4) is 0 Å². The fourth-order valence-electron chi connectivity index (χ4n) is 5.99. The topological polar surface area (TPSA) is 126 Å². The van der Waals surface area contributed by atoms with Crippen LogP contribution in [0.4, 0.5) is 27.9 Å². The van der Waals surface area contributed by atoms with E-state index in [1.165, 1.54) is 0 Å². The fraction of sp³-hybridized carbons (Fsp3) is 0.533. The van der Waals surface area contributed by atoms with Crippen LogP contribution < -0.4 is 20.7 Å². The molecule has 0 radical (unpaired) electrons. The van der Waals surface area contributed by atoms with Crippen LogP contribution in [-0.4, -0.2) is 74.7 Å². The van der Waals surface area contributed by atoms with E-state index in [1.54, 1.807) is 26.8 Å². The molecule has 0 unspecified atom stereocenters. The average Bonchev–Trinajstić information content (AvgIpc) is 3.48. The van der Waals surface area contributed by atoms with E-state index in [9.17, 15) is 14.4 Å². The normalized spacial score (nSPS) is 18.0. The third-order valence-corrected chi connectivity index (χ3v) is 8.27. The van der Waals surface area contributed by atoms with Crippen molar-refractivity contribution in [3.05, 3.63) is 40.4 Å². The molecule has 1 N–H and O–H groups in total. The first-order chi connectivity index (χ1) is 20.1. The molecular weight excluding hydrogens is 536 g/mol. The lowest BCUT2D eigenvalue weighted by atomic mass is 10.1. The zero-order chi connectivity index (χ0) is 29.6. The van der Waals surface area contributed by atoms with Gasteiger partial charge >= 0.3 is 6.09 Å². The van der Waals surface area contributed by atoms with Gasteiger partial charge in [0.1, 0.15) is 22.8 Å². The van der Waals surface area contributed by atoms with Gasteiger partial charge in [0, 0.05) is 56.8 Å². The van der Waals surface area contributed by atoms with E-state index >= 15 is 0 Å². The Kier molecular flexibility index (Phi) is 7.24. The number of carbonyl (C=O) groups is 2. The van der Waals surface area contributed by atoms with Crippen molar-refractivity contribution >= 4 is 46.2 Å². The van der Waals surface area contributed by atoms with E-state index in [4.69, 9.17) is 9.72 Å². The lowest BCUT2D eigenvalue weighted by molar-refractivity contribution is -0.122. The van der Waals surface area contributed by atoms with Crippen molar-refractivity contribution in [3.8, 4) is 0 Å². The molecule has 3 aliphatic rings. The molecule has 0 bridgehead atoms. The monoisotopic (exact) mass is 574 g/mol. The molecule has 2 saturated heterocycles. The minimum atomic E-state index is -0.514. The van der Waals surface area contributed by atoms with Crippen LogP contribution in [-0.2, 0) is 9.53 Å². The van der Waals surface area contributed by atoms with Gasteiger partial charge in [-0.2, -0.15) is 4.98 Å². The van der Waals surface area contributed by atoms with Crippen molar-refractivity contribution in [1.29, 1.82) is 0 Å². The van der Waals surface area contributed by atoms with Gasteiger partial charge in [0.05, 0.1) is 11.9 Å². The molecule has 12 heteroatoms. The van der Waals surface area contributed by atoms with Crippen molar-refractivity contribution < 1.29 is 14.3 Å². The molecule has 42 heavy (non-hydrogen) atoms. The number of aromatic nitrogens is 4. The number of nitrogens with one attached hydrogen (secondary N) is 1. The summed E-state index contributed by atoms with van der Waals surface area (Å²) in [5.74, 6) is 0.915. The maximum absolute atomic E-state index is 13.8. The smallest absolute Gasteiger partial charge is 0.410 e. The minimum absolute atomic E-state index is 0.0221. The fourth-order valence-corrected chi connectivity index (χ4v) is 5.99. The Morgan fingerprint density at radius 3 is 2.33 bits per heavy atom. The van der Waals surface area contributed by atoms with Gasteiger partial charge < -0.3 is 24.8 Å². The molecule has 222 valence electrons. The van der Waals surface area contributed by atoms with Crippen LogP contribution in [0.5, 0.6) is 0 Å². The van der Waals surface area contributed by atoms with E-state index < -0.39 is 5.60 Å². The standard InChI is InChI=1S/C30H38N8O4/c1-19-22-18-32-28(34-26(22)38(20-7-5-6-8-20)27(40)25(19)37-12-11-24(37)39)33-23-10-9-21(17-31-23)35-13-15-36(16-14-35)29(41)42-30(2,3)4/h9-10,17-18,20H,5-8,11-16H2,1-4H3,(H,31,32,33,34).